The second-order valence-corrected chi connectivity index (χ2v) is 4.91. The first-order chi connectivity index (χ1) is 9.63. The monoisotopic (exact) mass is 282 g/mol. The van der Waals surface area contributed by atoms with Crippen molar-refractivity contribution in [3.05, 3.63) is 28.0 Å². The predicted molar refractivity (Wildman–Crippen MR) is 70.4 cm³/mol. The zero-order valence-corrected chi connectivity index (χ0v) is 11.2. The van der Waals surface area contributed by atoms with Crippen LogP contribution in [0.25, 0.3) is 0 Å². The van der Waals surface area contributed by atoms with Crippen LogP contribution < -0.4 is 0 Å². The van der Waals surface area contributed by atoms with Crippen LogP contribution in [-0.2, 0) is 0 Å². The number of furan rings is 1. The molecule has 7 nitrogen and oxygen atoms in total. The summed E-state index contributed by atoms with van der Waals surface area (Å²) >= 11 is 0. The summed E-state index contributed by atoms with van der Waals surface area (Å²) in [5, 5.41) is 19.7. The van der Waals surface area contributed by atoms with Crippen LogP contribution in [0.4, 0.5) is 5.88 Å². The van der Waals surface area contributed by atoms with E-state index in [-0.39, 0.29) is 30.9 Å². The van der Waals surface area contributed by atoms with E-state index in [2.05, 4.69) is 0 Å². The van der Waals surface area contributed by atoms with Crippen LogP contribution in [0, 0.1) is 10.1 Å². The first-order valence-electron chi connectivity index (χ1n) is 6.79. The molecule has 1 saturated carbocycles. The molecule has 1 aliphatic carbocycles. The topological polar surface area (TPSA) is 96.8 Å². The van der Waals surface area contributed by atoms with Gasteiger partial charge in [0.1, 0.15) is 4.92 Å². The maximum Gasteiger partial charge on any atom is 0.433 e. The van der Waals surface area contributed by atoms with Gasteiger partial charge in [0.25, 0.3) is 5.91 Å². The molecule has 0 unspecified atom stereocenters. The van der Waals surface area contributed by atoms with Gasteiger partial charge in [-0.05, 0) is 18.9 Å². The van der Waals surface area contributed by atoms with Crippen LogP contribution in [0.15, 0.2) is 16.5 Å². The molecule has 0 bridgehead atoms. The third-order valence-corrected chi connectivity index (χ3v) is 3.60. The van der Waals surface area contributed by atoms with Crippen LogP contribution in [0.5, 0.6) is 0 Å². The summed E-state index contributed by atoms with van der Waals surface area (Å²) in [6.07, 6.45) is 5.06. The van der Waals surface area contributed by atoms with Gasteiger partial charge in [-0.3, -0.25) is 14.9 Å². The quantitative estimate of drug-likeness (QED) is 0.657. The van der Waals surface area contributed by atoms with Crippen molar-refractivity contribution < 1.29 is 19.2 Å². The number of aliphatic hydroxyl groups excluding tert-OH is 1. The van der Waals surface area contributed by atoms with Crippen molar-refractivity contribution in [2.45, 2.75) is 38.1 Å². The molecule has 1 fully saturated rings. The number of aliphatic hydroxyl groups is 1. The Morgan fingerprint density at radius 3 is 2.65 bits per heavy atom. The number of hydrogen-bond donors (Lipinski definition) is 1. The average molecular weight is 282 g/mol. The fourth-order valence-electron chi connectivity index (χ4n) is 2.63. The van der Waals surface area contributed by atoms with Gasteiger partial charge in [0.2, 0.25) is 0 Å². The zero-order chi connectivity index (χ0) is 14.5. The number of carbonyl (C=O) groups is 1. The average Bonchev–Trinajstić information content (AvgIpc) is 2.95. The third-order valence-electron chi connectivity index (χ3n) is 3.60. The molecule has 110 valence electrons. The van der Waals surface area contributed by atoms with Gasteiger partial charge in [-0.1, -0.05) is 19.3 Å². The molecule has 0 aromatic carbocycles. The van der Waals surface area contributed by atoms with Gasteiger partial charge in [-0.2, -0.15) is 0 Å². The van der Waals surface area contributed by atoms with Crippen LogP contribution >= 0.6 is 0 Å². The van der Waals surface area contributed by atoms with E-state index in [0.29, 0.717) is 0 Å². The Morgan fingerprint density at radius 1 is 1.40 bits per heavy atom. The van der Waals surface area contributed by atoms with E-state index in [4.69, 9.17) is 9.52 Å². The van der Waals surface area contributed by atoms with E-state index in [0.717, 1.165) is 32.1 Å². The highest BCUT2D eigenvalue weighted by Gasteiger charge is 2.28. The Kier molecular flexibility index (Phi) is 4.73. The van der Waals surface area contributed by atoms with Crippen molar-refractivity contribution in [1.29, 1.82) is 0 Å². The number of hydrogen-bond acceptors (Lipinski definition) is 5. The molecule has 1 heterocycles. The Hall–Kier alpha value is -1.89. The second kappa shape index (κ2) is 6.51. The predicted octanol–water partition coefficient (Wildman–Crippen LogP) is 1.95. The minimum atomic E-state index is -0.673. The summed E-state index contributed by atoms with van der Waals surface area (Å²) in [4.78, 5) is 23.8. The largest absolute Gasteiger partial charge is 0.433 e. The van der Waals surface area contributed by atoms with Gasteiger partial charge in [-0.25, -0.2) is 0 Å². The van der Waals surface area contributed by atoms with Crippen molar-refractivity contribution in [3.63, 3.8) is 0 Å². The Morgan fingerprint density at radius 2 is 2.10 bits per heavy atom. The zero-order valence-electron chi connectivity index (χ0n) is 11.2. The molecular weight excluding hydrogens is 264 g/mol. The molecular formula is C13H18N2O5. The lowest BCUT2D eigenvalue weighted by molar-refractivity contribution is -0.402. The molecule has 0 atom stereocenters. The van der Waals surface area contributed by atoms with Crippen molar-refractivity contribution in [1.82, 2.24) is 4.90 Å². The first kappa shape index (κ1) is 14.5. The second-order valence-electron chi connectivity index (χ2n) is 4.91. The van der Waals surface area contributed by atoms with Crippen molar-refractivity contribution in [2.24, 2.45) is 0 Å². The summed E-state index contributed by atoms with van der Waals surface area (Å²) in [7, 11) is 0. The van der Waals surface area contributed by atoms with E-state index in [1.165, 1.54) is 12.1 Å². The first-order valence-corrected chi connectivity index (χ1v) is 6.79. The number of nitro groups is 1. The van der Waals surface area contributed by atoms with Crippen LogP contribution in [0.2, 0.25) is 0 Å². The van der Waals surface area contributed by atoms with Crippen LogP contribution in [0.3, 0.4) is 0 Å². The molecule has 0 aliphatic heterocycles. The van der Waals surface area contributed by atoms with Gasteiger partial charge in [-0.15, -0.1) is 0 Å². The van der Waals surface area contributed by atoms with Gasteiger partial charge < -0.3 is 14.4 Å². The summed E-state index contributed by atoms with van der Waals surface area (Å²) < 4.78 is 4.95. The fourth-order valence-corrected chi connectivity index (χ4v) is 2.63. The Balaban J connectivity index is 2.14. The highest BCUT2D eigenvalue weighted by atomic mass is 16.6. The van der Waals surface area contributed by atoms with Gasteiger partial charge in [0.15, 0.2) is 5.76 Å². The molecule has 20 heavy (non-hydrogen) atoms. The summed E-state index contributed by atoms with van der Waals surface area (Å²) in [5.74, 6) is -0.879. The highest BCUT2D eigenvalue weighted by molar-refractivity contribution is 5.92. The number of amides is 1. The standard InChI is InChI=1S/C13H18N2O5/c16-9-8-14(10-4-2-1-3-5-10)13(17)11-6-7-12(20-11)15(18)19/h6-7,10,16H,1-5,8-9H2. The Labute approximate surface area is 116 Å². The third kappa shape index (κ3) is 3.16. The molecule has 0 radical (unpaired) electrons. The van der Waals surface area contributed by atoms with Crippen molar-refractivity contribution >= 4 is 11.8 Å². The minimum Gasteiger partial charge on any atom is -0.395 e. The number of carbonyl (C=O) groups excluding carboxylic acids is 1. The summed E-state index contributed by atoms with van der Waals surface area (Å²) in [5.41, 5.74) is 0. The maximum atomic E-state index is 12.4. The molecule has 1 aliphatic rings. The molecule has 1 amide bonds. The molecule has 1 aromatic heterocycles. The molecule has 0 saturated heterocycles. The van der Waals surface area contributed by atoms with E-state index in [1.807, 2.05) is 0 Å². The summed E-state index contributed by atoms with van der Waals surface area (Å²) in [6, 6.07) is 2.56. The molecule has 0 spiro atoms. The Bertz CT molecular complexity index is 479. The molecule has 2 rings (SSSR count). The SMILES string of the molecule is O=C(c1ccc([N+](=O)[O-])o1)N(CCO)C1CCCCC1. The fraction of sp³-hybridized carbons (Fsp3) is 0.615. The van der Waals surface area contributed by atoms with Crippen molar-refractivity contribution in [2.75, 3.05) is 13.2 Å². The van der Waals surface area contributed by atoms with Crippen molar-refractivity contribution in [3.8, 4) is 0 Å². The maximum absolute atomic E-state index is 12.4. The van der Waals surface area contributed by atoms with Gasteiger partial charge in [0, 0.05) is 12.6 Å². The van der Waals surface area contributed by atoms with Crippen LogP contribution in [0.1, 0.15) is 42.7 Å². The number of nitrogens with zero attached hydrogens (tertiary/aromatic N) is 2. The minimum absolute atomic E-state index is 0.0456. The van der Waals surface area contributed by atoms with E-state index in [1.54, 1.807) is 4.90 Å². The molecule has 1 N–H and O–H groups in total. The van der Waals surface area contributed by atoms with E-state index in [9.17, 15) is 14.9 Å². The number of rotatable bonds is 5. The smallest absolute Gasteiger partial charge is 0.395 e. The van der Waals surface area contributed by atoms with E-state index >= 15 is 0 Å². The lowest BCUT2D eigenvalue weighted by atomic mass is 9.94. The molecule has 1 aromatic rings. The lowest BCUT2D eigenvalue weighted by Crippen LogP contribution is -2.43. The van der Waals surface area contributed by atoms with Gasteiger partial charge in [0.05, 0.1) is 12.7 Å². The summed E-state index contributed by atoms with van der Waals surface area (Å²) in [6.45, 7) is 0.0863. The normalized spacial score (nSPS) is 16.1. The lowest BCUT2D eigenvalue weighted by Gasteiger charge is -2.33. The van der Waals surface area contributed by atoms with Crippen LogP contribution in [-0.4, -0.2) is 40.0 Å². The highest BCUT2D eigenvalue weighted by Crippen LogP contribution is 2.25. The van der Waals surface area contributed by atoms with E-state index < -0.39 is 10.8 Å². The van der Waals surface area contributed by atoms with Gasteiger partial charge >= 0.3 is 5.88 Å². The molecule has 7 heteroatoms.